The first-order chi connectivity index (χ1) is 10.8. The van der Waals surface area contributed by atoms with Gasteiger partial charge in [-0.15, -0.1) is 0 Å². The van der Waals surface area contributed by atoms with Crippen molar-refractivity contribution in [1.29, 1.82) is 0 Å². The van der Waals surface area contributed by atoms with Crippen LogP contribution in [-0.4, -0.2) is 0 Å². The lowest BCUT2D eigenvalue weighted by atomic mass is 9.77. The minimum atomic E-state index is 0.902. The fraction of sp³-hybridized carbons (Fsp3) is 0.909. The number of hydrogen-bond donors (Lipinski definition) is 0. The van der Waals surface area contributed by atoms with E-state index in [1.165, 1.54) is 77.0 Å². The molecule has 2 aliphatic rings. The Morgan fingerprint density at radius 2 is 1.14 bits per heavy atom. The molecule has 2 fully saturated rings. The van der Waals surface area contributed by atoms with Gasteiger partial charge in [0, 0.05) is 0 Å². The normalized spacial score (nSPS) is 33.4. The highest BCUT2D eigenvalue weighted by Gasteiger charge is 2.21. The molecule has 0 nitrogen and oxygen atoms in total. The maximum absolute atomic E-state index is 2.44. The third-order valence-corrected chi connectivity index (χ3v) is 6.49. The lowest BCUT2D eigenvalue weighted by molar-refractivity contribution is 0.242. The van der Waals surface area contributed by atoms with Crippen molar-refractivity contribution in [3.05, 3.63) is 12.2 Å². The number of unbranched alkanes of at least 4 members (excludes halogenated alkanes) is 1. The highest BCUT2D eigenvalue weighted by molar-refractivity contribution is 4.88. The van der Waals surface area contributed by atoms with Gasteiger partial charge in [0.1, 0.15) is 0 Å². The van der Waals surface area contributed by atoms with Gasteiger partial charge in [-0.05, 0) is 56.3 Å². The molecule has 0 heteroatoms. The van der Waals surface area contributed by atoms with E-state index >= 15 is 0 Å². The van der Waals surface area contributed by atoms with E-state index in [2.05, 4.69) is 26.0 Å². The van der Waals surface area contributed by atoms with Crippen LogP contribution in [0.2, 0.25) is 0 Å². The highest BCUT2D eigenvalue weighted by Crippen LogP contribution is 2.35. The van der Waals surface area contributed by atoms with Crippen molar-refractivity contribution in [3.63, 3.8) is 0 Å². The summed E-state index contributed by atoms with van der Waals surface area (Å²) in [5, 5.41) is 0. The van der Waals surface area contributed by atoms with E-state index in [-0.39, 0.29) is 0 Å². The Labute approximate surface area is 140 Å². The molecule has 0 aromatic carbocycles. The van der Waals surface area contributed by atoms with Crippen molar-refractivity contribution in [3.8, 4) is 0 Å². The Bertz CT molecular complexity index is 287. The van der Waals surface area contributed by atoms with Gasteiger partial charge < -0.3 is 0 Å². The number of allylic oxidation sites excluding steroid dienone is 2. The van der Waals surface area contributed by atoms with Gasteiger partial charge in [-0.3, -0.25) is 0 Å². The Morgan fingerprint density at radius 3 is 1.59 bits per heavy atom. The summed E-state index contributed by atoms with van der Waals surface area (Å²) >= 11 is 0. The van der Waals surface area contributed by atoms with Gasteiger partial charge in [0.15, 0.2) is 0 Å². The van der Waals surface area contributed by atoms with Gasteiger partial charge in [-0.25, -0.2) is 0 Å². The largest absolute Gasteiger partial charge is 0.0914 e. The highest BCUT2D eigenvalue weighted by atomic mass is 14.3. The van der Waals surface area contributed by atoms with Crippen molar-refractivity contribution in [2.45, 2.75) is 104 Å². The van der Waals surface area contributed by atoms with E-state index in [0.717, 1.165) is 23.7 Å². The monoisotopic (exact) mass is 304 g/mol. The van der Waals surface area contributed by atoms with Gasteiger partial charge in [0.05, 0.1) is 0 Å². The van der Waals surface area contributed by atoms with Crippen molar-refractivity contribution < 1.29 is 0 Å². The summed E-state index contributed by atoms with van der Waals surface area (Å²) in [5.41, 5.74) is 0. The van der Waals surface area contributed by atoms with Crippen LogP contribution in [0.1, 0.15) is 104 Å². The minimum absolute atomic E-state index is 0.902. The van der Waals surface area contributed by atoms with Gasteiger partial charge in [0.2, 0.25) is 0 Å². The third kappa shape index (κ3) is 6.47. The van der Waals surface area contributed by atoms with Crippen molar-refractivity contribution in [2.75, 3.05) is 0 Å². The zero-order chi connectivity index (χ0) is 15.6. The first-order valence-corrected chi connectivity index (χ1v) is 10.4. The molecule has 0 bridgehead atoms. The van der Waals surface area contributed by atoms with E-state index in [4.69, 9.17) is 0 Å². The van der Waals surface area contributed by atoms with E-state index in [0.29, 0.717) is 0 Å². The predicted octanol–water partition coefficient (Wildman–Crippen LogP) is 7.54. The van der Waals surface area contributed by atoms with Crippen LogP contribution < -0.4 is 0 Å². The van der Waals surface area contributed by atoms with Crippen LogP contribution in [0.5, 0.6) is 0 Å². The Balaban J connectivity index is 1.48. The molecule has 0 heterocycles. The standard InChI is InChI=1S/C22H40/c1-3-7-19-11-15-21(16-12-19)9-5-6-10-22-17-13-20(8-4-2)14-18-22/h3,7,19-22H,4-6,8-18H2,1-2H3/t19?,20-,21?,22-. The molecule has 2 aliphatic carbocycles. The summed E-state index contributed by atoms with van der Waals surface area (Å²) in [4.78, 5) is 0. The Hall–Kier alpha value is -0.260. The topological polar surface area (TPSA) is 0 Å². The van der Waals surface area contributed by atoms with E-state index in [1.807, 2.05) is 0 Å². The van der Waals surface area contributed by atoms with Crippen LogP contribution in [0.25, 0.3) is 0 Å². The molecular weight excluding hydrogens is 264 g/mol. The Morgan fingerprint density at radius 1 is 0.682 bits per heavy atom. The zero-order valence-electron chi connectivity index (χ0n) is 15.4. The molecule has 22 heavy (non-hydrogen) atoms. The summed E-state index contributed by atoms with van der Waals surface area (Å²) < 4.78 is 0. The van der Waals surface area contributed by atoms with E-state index in [1.54, 1.807) is 12.8 Å². The van der Waals surface area contributed by atoms with Crippen LogP contribution in [0.4, 0.5) is 0 Å². The van der Waals surface area contributed by atoms with Gasteiger partial charge in [-0.2, -0.15) is 0 Å². The molecule has 128 valence electrons. The summed E-state index contributed by atoms with van der Waals surface area (Å²) in [6.07, 6.45) is 25.7. The van der Waals surface area contributed by atoms with E-state index in [9.17, 15) is 0 Å². The quantitative estimate of drug-likeness (QED) is 0.321. The fourth-order valence-electron chi connectivity index (χ4n) is 5.02. The molecule has 0 unspecified atom stereocenters. The summed E-state index contributed by atoms with van der Waals surface area (Å²) in [6.45, 7) is 4.51. The molecule has 0 amide bonds. The summed E-state index contributed by atoms with van der Waals surface area (Å²) in [6, 6.07) is 0. The van der Waals surface area contributed by atoms with Gasteiger partial charge in [0.25, 0.3) is 0 Å². The maximum Gasteiger partial charge on any atom is -0.0233 e. The Kier molecular flexibility index (Phi) is 8.63. The average Bonchev–Trinajstić information content (AvgIpc) is 2.55. The molecule has 0 N–H and O–H groups in total. The SMILES string of the molecule is CC=CC1CCC(CCCC[C@H]2CC[C@H](CCC)CC2)CC1. The van der Waals surface area contributed by atoms with Crippen molar-refractivity contribution >= 4 is 0 Å². The second kappa shape index (κ2) is 10.5. The molecule has 2 rings (SSSR count). The third-order valence-electron chi connectivity index (χ3n) is 6.49. The fourth-order valence-corrected chi connectivity index (χ4v) is 5.02. The van der Waals surface area contributed by atoms with Gasteiger partial charge >= 0.3 is 0 Å². The van der Waals surface area contributed by atoms with Crippen LogP contribution in [-0.2, 0) is 0 Å². The van der Waals surface area contributed by atoms with Gasteiger partial charge in [-0.1, -0.05) is 83.3 Å². The first-order valence-electron chi connectivity index (χ1n) is 10.4. The molecule has 0 aromatic heterocycles. The molecule has 0 saturated heterocycles. The second-order valence-electron chi connectivity index (χ2n) is 8.27. The zero-order valence-corrected chi connectivity index (χ0v) is 15.4. The molecule has 0 aromatic rings. The lowest BCUT2D eigenvalue weighted by Crippen LogP contribution is -2.15. The average molecular weight is 305 g/mol. The van der Waals surface area contributed by atoms with Crippen molar-refractivity contribution in [1.82, 2.24) is 0 Å². The minimum Gasteiger partial charge on any atom is -0.0914 e. The number of hydrogen-bond acceptors (Lipinski definition) is 0. The molecular formula is C22H40. The van der Waals surface area contributed by atoms with E-state index < -0.39 is 0 Å². The van der Waals surface area contributed by atoms with Crippen LogP contribution >= 0.6 is 0 Å². The summed E-state index contributed by atoms with van der Waals surface area (Å²) in [5.74, 6) is 4.12. The number of rotatable bonds is 8. The summed E-state index contributed by atoms with van der Waals surface area (Å²) in [7, 11) is 0. The maximum atomic E-state index is 2.44. The van der Waals surface area contributed by atoms with Crippen LogP contribution in [0.3, 0.4) is 0 Å². The predicted molar refractivity (Wildman–Crippen MR) is 99.1 cm³/mol. The molecule has 2 saturated carbocycles. The van der Waals surface area contributed by atoms with Crippen LogP contribution in [0.15, 0.2) is 12.2 Å². The smallest absolute Gasteiger partial charge is 0.0233 e. The molecule has 0 atom stereocenters. The molecule has 0 aliphatic heterocycles. The second-order valence-corrected chi connectivity index (χ2v) is 8.27. The van der Waals surface area contributed by atoms with Crippen LogP contribution in [0, 0.1) is 23.7 Å². The lowest BCUT2D eigenvalue weighted by Gasteiger charge is -2.29. The van der Waals surface area contributed by atoms with Crippen molar-refractivity contribution in [2.24, 2.45) is 23.7 Å². The molecule has 0 radical (unpaired) electrons. The first kappa shape index (κ1) is 18.1. The molecule has 0 spiro atoms.